The number of benzene rings is 3. The van der Waals surface area contributed by atoms with Crippen molar-refractivity contribution in [3.8, 4) is 5.69 Å². The summed E-state index contributed by atoms with van der Waals surface area (Å²) in [6.07, 6.45) is 1.57. The van der Waals surface area contributed by atoms with Crippen LogP contribution in [0.5, 0.6) is 0 Å². The topological polar surface area (TPSA) is 83.8 Å². The number of sulfonamides is 1. The summed E-state index contributed by atoms with van der Waals surface area (Å²) in [6.45, 7) is 9.40. The largest absolute Gasteiger partial charge is 0.318 e. The number of nitrogens with one attached hydrogen (secondary N) is 1. The number of carbonyl (C=O) groups excluding carboxylic acids is 1. The Morgan fingerprint density at radius 3 is 2.36 bits per heavy atom. The normalized spacial score (nSPS) is 11.6. The van der Waals surface area contributed by atoms with Crippen molar-refractivity contribution in [1.82, 2.24) is 9.99 Å². The van der Waals surface area contributed by atoms with Crippen LogP contribution in [0.1, 0.15) is 33.6 Å². The molecule has 0 saturated heterocycles. The van der Waals surface area contributed by atoms with Gasteiger partial charge in [-0.15, -0.1) is 0 Å². The van der Waals surface area contributed by atoms with Crippen molar-refractivity contribution in [3.63, 3.8) is 0 Å². The summed E-state index contributed by atoms with van der Waals surface area (Å²) >= 11 is 6.28. The number of hydrogen-bond acceptors (Lipinski definition) is 4. The Morgan fingerprint density at radius 2 is 1.67 bits per heavy atom. The zero-order chi connectivity index (χ0) is 28.3. The number of hydrazone groups is 1. The molecule has 0 radical (unpaired) electrons. The SMILES string of the molecule is Cc1ccc(-n2c(C)cc(/C=N\NC(=O)CN(c3cccc(Cl)c3C)S(=O)(=O)c3ccccc3)c2C)cc1C. The van der Waals surface area contributed by atoms with Gasteiger partial charge in [0, 0.05) is 27.7 Å². The molecule has 0 aliphatic heterocycles. The highest BCUT2D eigenvalue weighted by Crippen LogP contribution is 2.30. The highest BCUT2D eigenvalue weighted by atomic mass is 35.5. The zero-order valence-electron chi connectivity index (χ0n) is 22.6. The number of halogens is 1. The third-order valence-corrected chi connectivity index (χ3v) is 8.92. The summed E-state index contributed by atoms with van der Waals surface area (Å²) in [7, 11) is -4.05. The van der Waals surface area contributed by atoms with Crippen LogP contribution in [0.15, 0.2) is 82.8 Å². The van der Waals surface area contributed by atoms with E-state index < -0.39 is 22.5 Å². The molecule has 0 bridgehead atoms. The average molecular weight is 563 g/mol. The zero-order valence-corrected chi connectivity index (χ0v) is 24.1. The minimum atomic E-state index is -4.05. The van der Waals surface area contributed by atoms with Crippen molar-refractivity contribution in [2.75, 3.05) is 10.8 Å². The molecule has 1 amide bonds. The van der Waals surface area contributed by atoms with Gasteiger partial charge in [0.25, 0.3) is 15.9 Å². The van der Waals surface area contributed by atoms with Crippen LogP contribution in [-0.4, -0.2) is 31.7 Å². The molecule has 4 aromatic rings. The molecule has 3 aromatic carbocycles. The van der Waals surface area contributed by atoms with E-state index in [1.807, 2.05) is 19.9 Å². The molecule has 1 heterocycles. The summed E-state index contributed by atoms with van der Waals surface area (Å²) in [6, 6.07) is 21.2. The van der Waals surface area contributed by atoms with Crippen LogP contribution in [0.3, 0.4) is 0 Å². The number of amides is 1. The van der Waals surface area contributed by atoms with Crippen molar-refractivity contribution in [2.45, 2.75) is 39.5 Å². The molecule has 9 heteroatoms. The van der Waals surface area contributed by atoms with Gasteiger partial charge in [0.15, 0.2) is 0 Å². The van der Waals surface area contributed by atoms with E-state index in [1.165, 1.54) is 23.3 Å². The molecule has 4 rings (SSSR count). The molecular formula is C30H31ClN4O3S. The van der Waals surface area contributed by atoms with Gasteiger partial charge in [-0.2, -0.15) is 5.10 Å². The van der Waals surface area contributed by atoms with Gasteiger partial charge in [-0.25, -0.2) is 13.8 Å². The Morgan fingerprint density at radius 1 is 0.949 bits per heavy atom. The number of hydrogen-bond donors (Lipinski definition) is 1. The number of nitrogens with zero attached hydrogens (tertiary/aromatic N) is 3. The first kappa shape index (κ1) is 28.1. The van der Waals surface area contributed by atoms with Gasteiger partial charge in [-0.3, -0.25) is 9.10 Å². The molecule has 202 valence electrons. The van der Waals surface area contributed by atoms with E-state index in [4.69, 9.17) is 11.6 Å². The van der Waals surface area contributed by atoms with Gasteiger partial charge >= 0.3 is 0 Å². The van der Waals surface area contributed by atoms with Crippen molar-refractivity contribution < 1.29 is 13.2 Å². The molecule has 0 spiro atoms. The lowest BCUT2D eigenvalue weighted by Gasteiger charge is -2.25. The quantitative estimate of drug-likeness (QED) is 0.210. The maximum absolute atomic E-state index is 13.6. The molecule has 0 saturated carbocycles. The number of aryl methyl sites for hydroxylation is 3. The average Bonchev–Trinajstić information content (AvgIpc) is 3.19. The molecule has 0 fully saturated rings. The number of anilines is 1. The Bertz CT molecular complexity index is 1660. The van der Waals surface area contributed by atoms with Crippen LogP contribution in [-0.2, 0) is 14.8 Å². The van der Waals surface area contributed by atoms with Gasteiger partial charge in [0.1, 0.15) is 6.54 Å². The Labute approximate surface area is 234 Å². The molecule has 0 aliphatic carbocycles. The predicted molar refractivity (Wildman–Crippen MR) is 158 cm³/mol. The smallest absolute Gasteiger partial charge is 0.264 e. The van der Waals surface area contributed by atoms with Crippen molar-refractivity contribution >= 4 is 39.4 Å². The molecule has 39 heavy (non-hydrogen) atoms. The van der Waals surface area contributed by atoms with Crippen molar-refractivity contribution in [1.29, 1.82) is 0 Å². The monoisotopic (exact) mass is 562 g/mol. The molecule has 0 aliphatic rings. The van der Waals surface area contributed by atoms with E-state index in [9.17, 15) is 13.2 Å². The fourth-order valence-electron chi connectivity index (χ4n) is 4.41. The van der Waals surface area contributed by atoms with E-state index in [2.05, 4.69) is 47.1 Å². The molecule has 1 aromatic heterocycles. The van der Waals surface area contributed by atoms with E-state index in [0.29, 0.717) is 16.3 Å². The molecule has 1 N–H and O–H groups in total. The second-order valence-corrected chi connectivity index (χ2v) is 11.7. The van der Waals surface area contributed by atoms with E-state index in [0.717, 1.165) is 26.9 Å². The van der Waals surface area contributed by atoms with E-state index in [-0.39, 0.29) is 4.90 Å². The van der Waals surface area contributed by atoms with Crippen LogP contribution in [0.2, 0.25) is 5.02 Å². The van der Waals surface area contributed by atoms with Crippen molar-refractivity contribution in [2.24, 2.45) is 5.10 Å². The van der Waals surface area contributed by atoms with E-state index in [1.54, 1.807) is 49.5 Å². The van der Waals surface area contributed by atoms with Crippen LogP contribution in [0, 0.1) is 34.6 Å². The minimum Gasteiger partial charge on any atom is -0.318 e. The molecule has 0 unspecified atom stereocenters. The van der Waals surface area contributed by atoms with Gasteiger partial charge < -0.3 is 4.57 Å². The van der Waals surface area contributed by atoms with Gasteiger partial charge in [-0.05, 0) is 93.8 Å². The van der Waals surface area contributed by atoms with Gasteiger partial charge in [0.05, 0.1) is 16.8 Å². The van der Waals surface area contributed by atoms with Gasteiger partial charge in [-0.1, -0.05) is 41.9 Å². The first-order valence-corrected chi connectivity index (χ1v) is 14.2. The third-order valence-electron chi connectivity index (χ3n) is 6.74. The standard InChI is InChI=1S/C30H31ClN4O3S/c1-20-14-15-26(16-21(20)2)35-22(3)17-25(24(35)5)18-32-33-30(36)19-34(29-13-9-12-28(31)23(29)4)39(37,38)27-10-7-6-8-11-27/h6-18H,19H2,1-5H3,(H,33,36)/b32-18-. The minimum absolute atomic E-state index is 0.0689. The fourth-order valence-corrected chi connectivity index (χ4v) is 6.07. The number of carbonyl (C=O) groups is 1. The Kier molecular flexibility index (Phi) is 8.28. The second kappa shape index (κ2) is 11.5. The summed E-state index contributed by atoms with van der Waals surface area (Å²) in [5.74, 6) is -0.590. The number of aromatic nitrogens is 1. The summed E-state index contributed by atoms with van der Waals surface area (Å²) < 4.78 is 30.3. The highest BCUT2D eigenvalue weighted by molar-refractivity contribution is 7.92. The Balaban J connectivity index is 1.58. The second-order valence-electron chi connectivity index (χ2n) is 9.43. The summed E-state index contributed by atoms with van der Waals surface area (Å²) in [5.41, 5.74) is 9.67. The predicted octanol–water partition coefficient (Wildman–Crippen LogP) is 6.02. The first-order valence-electron chi connectivity index (χ1n) is 12.4. The lowest BCUT2D eigenvalue weighted by Crippen LogP contribution is -2.40. The van der Waals surface area contributed by atoms with Crippen LogP contribution in [0.4, 0.5) is 5.69 Å². The lowest BCUT2D eigenvalue weighted by molar-refractivity contribution is -0.119. The maximum atomic E-state index is 13.6. The van der Waals surface area contributed by atoms with Crippen LogP contribution in [0.25, 0.3) is 5.69 Å². The highest BCUT2D eigenvalue weighted by Gasteiger charge is 2.28. The number of rotatable bonds is 8. The molecular weight excluding hydrogens is 532 g/mol. The first-order chi connectivity index (χ1) is 18.5. The maximum Gasteiger partial charge on any atom is 0.264 e. The Hall–Kier alpha value is -3.88. The van der Waals surface area contributed by atoms with Gasteiger partial charge in [0.2, 0.25) is 0 Å². The summed E-state index contributed by atoms with van der Waals surface area (Å²) in [5, 5.41) is 4.54. The fraction of sp³-hybridized carbons (Fsp3) is 0.200. The van der Waals surface area contributed by atoms with Crippen molar-refractivity contribution in [3.05, 3.63) is 111 Å². The summed E-state index contributed by atoms with van der Waals surface area (Å²) in [4.78, 5) is 13.0. The molecule has 0 atom stereocenters. The van der Waals surface area contributed by atoms with Crippen LogP contribution < -0.4 is 9.73 Å². The molecule has 7 nitrogen and oxygen atoms in total. The van der Waals surface area contributed by atoms with Crippen LogP contribution >= 0.6 is 11.6 Å². The lowest BCUT2D eigenvalue weighted by atomic mass is 10.1. The van der Waals surface area contributed by atoms with E-state index >= 15 is 0 Å². The third kappa shape index (κ3) is 5.92.